The quantitative estimate of drug-likeness (QED) is 0.712. The maximum atomic E-state index is 12.8. The monoisotopic (exact) mass is 391 g/mol. The number of benzene rings is 2. The molecule has 1 aliphatic heterocycles. The lowest BCUT2D eigenvalue weighted by Gasteiger charge is -2.32. The van der Waals surface area contributed by atoms with Crippen LogP contribution in [0.1, 0.15) is 29.5 Å². The number of pyridine rings is 1. The van der Waals surface area contributed by atoms with Gasteiger partial charge in [-0.25, -0.2) is 0 Å². The third kappa shape index (κ3) is 4.01. The zero-order valence-corrected chi connectivity index (χ0v) is 17.4. The van der Waals surface area contributed by atoms with Gasteiger partial charge in [0.05, 0.1) is 11.6 Å². The van der Waals surface area contributed by atoms with Crippen LogP contribution in [0.4, 0.5) is 11.4 Å². The first-order valence-corrected chi connectivity index (χ1v) is 10.3. The minimum atomic E-state index is -0.238. The Hall–Kier alpha value is -2.79. The molecule has 1 aliphatic rings. The van der Waals surface area contributed by atoms with E-state index in [4.69, 9.17) is 0 Å². The summed E-state index contributed by atoms with van der Waals surface area (Å²) >= 11 is 0. The zero-order chi connectivity index (χ0) is 20.5. The average Bonchev–Trinajstić information content (AvgIpc) is 2.72. The van der Waals surface area contributed by atoms with E-state index in [2.05, 4.69) is 48.3 Å². The summed E-state index contributed by atoms with van der Waals surface area (Å²) < 4.78 is 1.74. The topological polar surface area (TPSA) is 57.5 Å². The van der Waals surface area contributed by atoms with Gasteiger partial charge < -0.3 is 19.9 Å². The Morgan fingerprint density at radius 3 is 2.55 bits per heavy atom. The van der Waals surface area contributed by atoms with Crippen molar-refractivity contribution in [3.05, 3.63) is 69.5 Å². The Morgan fingerprint density at radius 2 is 1.83 bits per heavy atom. The molecule has 2 aromatic carbocycles. The normalized spacial score (nSPS) is 17.0. The van der Waals surface area contributed by atoms with Gasteiger partial charge in [0, 0.05) is 43.6 Å². The lowest BCUT2D eigenvalue weighted by atomic mass is 10.0. The van der Waals surface area contributed by atoms with Gasteiger partial charge in [0.2, 0.25) is 0 Å². The van der Waals surface area contributed by atoms with Crippen LogP contribution in [0.15, 0.2) is 47.3 Å². The molecule has 2 heterocycles. The zero-order valence-electron chi connectivity index (χ0n) is 17.4. The van der Waals surface area contributed by atoms with Gasteiger partial charge in [-0.15, -0.1) is 0 Å². The first kappa shape index (κ1) is 19.5. The number of aliphatic hydroxyl groups is 1. The number of piperidine rings is 1. The summed E-state index contributed by atoms with van der Waals surface area (Å²) in [4.78, 5) is 15.0. The minimum Gasteiger partial charge on any atom is -0.391 e. The molecule has 1 atom stereocenters. The van der Waals surface area contributed by atoms with E-state index in [1.807, 2.05) is 25.2 Å². The lowest BCUT2D eigenvalue weighted by molar-refractivity contribution is 0.154. The van der Waals surface area contributed by atoms with Gasteiger partial charge in [0.25, 0.3) is 5.56 Å². The van der Waals surface area contributed by atoms with Gasteiger partial charge >= 0.3 is 0 Å². The molecular weight excluding hydrogens is 362 g/mol. The predicted molar refractivity (Wildman–Crippen MR) is 120 cm³/mol. The summed E-state index contributed by atoms with van der Waals surface area (Å²) in [6, 6.07) is 14.5. The molecule has 1 fully saturated rings. The number of anilines is 2. The van der Waals surface area contributed by atoms with Crippen molar-refractivity contribution in [3.63, 3.8) is 0 Å². The van der Waals surface area contributed by atoms with E-state index in [1.165, 1.54) is 11.1 Å². The summed E-state index contributed by atoms with van der Waals surface area (Å²) in [5.74, 6) is 0. The largest absolute Gasteiger partial charge is 0.391 e. The molecule has 5 heteroatoms. The fraction of sp³-hybridized carbons (Fsp3) is 0.375. The molecule has 0 radical (unpaired) electrons. The van der Waals surface area contributed by atoms with Crippen molar-refractivity contribution in [2.24, 2.45) is 7.05 Å². The first-order valence-electron chi connectivity index (χ1n) is 10.3. The van der Waals surface area contributed by atoms with Gasteiger partial charge in [-0.05, 0) is 85.7 Å². The van der Waals surface area contributed by atoms with Crippen LogP contribution in [0.2, 0.25) is 0 Å². The van der Waals surface area contributed by atoms with Crippen molar-refractivity contribution >= 4 is 22.3 Å². The van der Waals surface area contributed by atoms with Crippen LogP contribution in [0.3, 0.4) is 0 Å². The number of hydrogen-bond donors (Lipinski definition) is 2. The maximum Gasteiger partial charge on any atom is 0.255 e. The van der Waals surface area contributed by atoms with E-state index in [9.17, 15) is 9.90 Å². The van der Waals surface area contributed by atoms with Crippen LogP contribution in [0.25, 0.3) is 10.9 Å². The minimum absolute atomic E-state index is 0.0344. The van der Waals surface area contributed by atoms with Crippen LogP contribution < -0.4 is 15.8 Å². The Morgan fingerprint density at radius 1 is 1.10 bits per heavy atom. The number of β-amino-alcohol motifs (C(OH)–C–C–N with tert-alkyl or cyclic N) is 1. The van der Waals surface area contributed by atoms with Gasteiger partial charge in [-0.3, -0.25) is 4.79 Å². The number of nitrogens with zero attached hydrogens (tertiary/aromatic N) is 2. The highest BCUT2D eigenvalue weighted by atomic mass is 16.3. The van der Waals surface area contributed by atoms with E-state index in [0.717, 1.165) is 47.2 Å². The summed E-state index contributed by atoms with van der Waals surface area (Å²) in [5, 5.41) is 14.3. The van der Waals surface area contributed by atoms with Crippen LogP contribution in [0.5, 0.6) is 0 Å². The van der Waals surface area contributed by atoms with Gasteiger partial charge in [0.1, 0.15) is 0 Å². The summed E-state index contributed by atoms with van der Waals surface area (Å²) in [5.41, 5.74) is 6.29. The predicted octanol–water partition coefficient (Wildman–Crippen LogP) is 3.73. The molecule has 1 saturated heterocycles. The summed E-state index contributed by atoms with van der Waals surface area (Å²) in [6.07, 6.45) is 1.67. The van der Waals surface area contributed by atoms with E-state index in [1.54, 1.807) is 4.57 Å². The smallest absolute Gasteiger partial charge is 0.255 e. The van der Waals surface area contributed by atoms with Crippen LogP contribution in [-0.2, 0) is 13.6 Å². The van der Waals surface area contributed by atoms with Gasteiger partial charge in [0.15, 0.2) is 0 Å². The van der Waals surface area contributed by atoms with Crippen LogP contribution in [-0.4, -0.2) is 28.9 Å². The molecule has 4 rings (SSSR count). The third-order valence-corrected chi connectivity index (χ3v) is 6.03. The molecule has 5 nitrogen and oxygen atoms in total. The van der Waals surface area contributed by atoms with E-state index >= 15 is 0 Å². The lowest BCUT2D eigenvalue weighted by Crippen LogP contribution is -2.38. The number of hydrogen-bond acceptors (Lipinski definition) is 4. The number of fused-ring (bicyclic) bond motifs is 1. The number of aromatic nitrogens is 1. The fourth-order valence-corrected chi connectivity index (χ4v) is 4.11. The standard InChI is InChI=1S/C24H29N3O2/c1-16-11-18-13-19(24(29)26(3)23(18)12-17(16)2)14-25-20-6-8-21(9-7-20)27-10-4-5-22(28)15-27/h6-9,11-13,22,25,28H,4-5,10,14-15H2,1-3H3/t22-/m0/s1. The molecule has 3 aromatic rings. The van der Waals surface area contributed by atoms with E-state index < -0.39 is 0 Å². The number of aryl methyl sites for hydroxylation is 3. The van der Waals surface area contributed by atoms with E-state index in [0.29, 0.717) is 13.1 Å². The molecule has 1 aromatic heterocycles. The van der Waals surface area contributed by atoms with Crippen LogP contribution in [0, 0.1) is 13.8 Å². The molecule has 0 bridgehead atoms. The number of nitrogens with one attached hydrogen (secondary N) is 1. The van der Waals surface area contributed by atoms with Crippen molar-refractivity contribution < 1.29 is 5.11 Å². The second-order valence-corrected chi connectivity index (χ2v) is 8.17. The number of rotatable bonds is 4. The highest BCUT2D eigenvalue weighted by Gasteiger charge is 2.17. The maximum absolute atomic E-state index is 12.8. The van der Waals surface area contributed by atoms with Crippen molar-refractivity contribution in [2.45, 2.75) is 39.3 Å². The third-order valence-electron chi connectivity index (χ3n) is 6.03. The highest BCUT2D eigenvalue weighted by Crippen LogP contribution is 2.23. The highest BCUT2D eigenvalue weighted by molar-refractivity contribution is 5.81. The molecule has 0 spiro atoms. The molecule has 0 amide bonds. The first-order chi connectivity index (χ1) is 13.9. The molecular formula is C24H29N3O2. The Kier molecular flexibility index (Phi) is 5.33. The van der Waals surface area contributed by atoms with Crippen LogP contribution >= 0.6 is 0 Å². The molecule has 0 aliphatic carbocycles. The van der Waals surface area contributed by atoms with Crippen molar-refractivity contribution in [3.8, 4) is 0 Å². The average molecular weight is 392 g/mol. The summed E-state index contributed by atoms with van der Waals surface area (Å²) in [6.45, 7) is 6.33. The second kappa shape index (κ2) is 7.91. The second-order valence-electron chi connectivity index (χ2n) is 8.17. The Labute approximate surface area is 171 Å². The van der Waals surface area contributed by atoms with Crippen molar-refractivity contribution in [2.75, 3.05) is 23.3 Å². The van der Waals surface area contributed by atoms with Gasteiger partial charge in [-0.2, -0.15) is 0 Å². The number of aliphatic hydroxyl groups excluding tert-OH is 1. The van der Waals surface area contributed by atoms with Gasteiger partial charge in [-0.1, -0.05) is 0 Å². The molecule has 29 heavy (non-hydrogen) atoms. The Balaban J connectivity index is 1.51. The SMILES string of the molecule is Cc1cc2cc(CNc3ccc(N4CCC[C@H](O)C4)cc3)c(=O)n(C)c2cc1C. The Bertz CT molecular complexity index is 1090. The molecule has 152 valence electrons. The van der Waals surface area contributed by atoms with E-state index in [-0.39, 0.29) is 11.7 Å². The molecule has 0 saturated carbocycles. The molecule has 0 unspecified atom stereocenters. The summed E-state index contributed by atoms with van der Waals surface area (Å²) in [7, 11) is 1.84. The van der Waals surface area contributed by atoms with Crippen molar-refractivity contribution in [1.29, 1.82) is 0 Å². The van der Waals surface area contributed by atoms with Crippen molar-refractivity contribution in [1.82, 2.24) is 4.57 Å². The fourth-order valence-electron chi connectivity index (χ4n) is 4.11. The molecule has 2 N–H and O–H groups in total.